The average molecular weight is 382 g/mol. The summed E-state index contributed by atoms with van der Waals surface area (Å²) >= 11 is 0. The van der Waals surface area contributed by atoms with Crippen LogP contribution in [0.15, 0.2) is 36.4 Å². The minimum absolute atomic E-state index is 0.0714. The summed E-state index contributed by atoms with van der Waals surface area (Å²) in [6, 6.07) is 4.24. The molecule has 0 radical (unpaired) electrons. The summed E-state index contributed by atoms with van der Waals surface area (Å²) in [5, 5.41) is 0. The van der Waals surface area contributed by atoms with Crippen LogP contribution in [0.2, 0.25) is 0 Å². The lowest BCUT2D eigenvalue weighted by molar-refractivity contribution is -0.137. The first-order valence-corrected chi connectivity index (χ1v) is 9.03. The Morgan fingerprint density at radius 3 is 2.19 bits per heavy atom. The quantitative estimate of drug-likeness (QED) is 0.723. The third kappa shape index (κ3) is 5.34. The third-order valence-electron chi connectivity index (χ3n) is 4.74. The van der Waals surface area contributed by atoms with Crippen molar-refractivity contribution in [2.24, 2.45) is 5.92 Å². The molecule has 0 atom stereocenters. The van der Waals surface area contributed by atoms with E-state index in [4.69, 9.17) is 0 Å². The third-order valence-corrected chi connectivity index (χ3v) is 4.74. The maximum absolute atomic E-state index is 12.6. The van der Waals surface area contributed by atoms with Crippen LogP contribution in [0.5, 0.6) is 0 Å². The summed E-state index contributed by atoms with van der Waals surface area (Å²) in [6.07, 6.45) is -3.31. The molecule has 1 fully saturated rings. The van der Waals surface area contributed by atoms with Gasteiger partial charge in [0, 0.05) is 37.7 Å². The molecule has 1 saturated heterocycles. The number of alkyl halides is 3. The zero-order chi connectivity index (χ0) is 20.2. The van der Waals surface area contributed by atoms with E-state index in [1.165, 1.54) is 12.1 Å². The lowest BCUT2D eigenvalue weighted by atomic mass is 9.94. The largest absolute Gasteiger partial charge is 0.416 e. The molecule has 0 bridgehead atoms. The van der Waals surface area contributed by atoms with Crippen molar-refractivity contribution in [3.05, 3.63) is 47.5 Å². The van der Waals surface area contributed by atoms with Gasteiger partial charge in [0.05, 0.1) is 5.56 Å². The highest BCUT2D eigenvalue weighted by atomic mass is 19.4. The molecule has 148 valence electrons. The highest BCUT2D eigenvalue weighted by Crippen LogP contribution is 2.29. The molecular weight excluding hydrogens is 357 g/mol. The van der Waals surface area contributed by atoms with Gasteiger partial charge in [-0.05, 0) is 51.0 Å². The molecule has 0 spiro atoms. The summed E-state index contributed by atoms with van der Waals surface area (Å²) in [6.45, 7) is 9.61. The van der Waals surface area contributed by atoms with Gasteiger partial charge in [-0.3, -0.25) is 9.59 Å². The molecule has 0 unspecified atom stereocenters. The van der Waals surface area contributed by atoms with Crippen LogP contribution in [-0.4, -0.2) is 47.8 Å². The topological polar surface area (TPSA) is 40.6 Å². The van der Waals surface area contributed by atoms with Crippen LogP contribution in [0.4, 0.5) is 13.2 Å². The van der Waals surface area contributed by atoms with Crippen LogP contribution in [0.3, 0.4) is 0 Å². The van der Waals surface area contributed by atoms with E-state index in [1.807, 2.05) is 13.8 Å². The predicted octanol–water partition coefficient (Wildman–Crippen LogP) is 3.98. The molecule has 4 nitrogen and oxygen atoms in total. The standard InChI is InChI=1S/C20H25F3N2O2/c1-4-24(13-14(2)3)18(26)16-9-11-25(12-10-16)19(27)15-5-7-17(8-6-15)20(21,22)23/h5-8,16H,2,4,9-13H2,1,3H3. The second kappa shape index (κ2) is 8.59. The van der Waals surface area contributed by atoms with Crippen LogP contribution in [0.1, 0.15) is 42.6 Å². The fourth-order valence-electron chi connectivity index (χ4n) is 3.24. The summed E-state index contributed by atoms with van der Waals surface area (Å²) in [4.78, 5) is 28.5. The summed E-state index contributed by atoms with van der Waals surface area (Å²) in [7, 11) is 0. The molecule has 1 aliphatic rings. The number of likely N-dealkylation sites (tertiary alicyclic amines) is 1. The van der Waals surface area contributed by atoms with Crippen LogP contribution in [-0.2, 0) is 11.0 Å². The van der Waals surface area contributed by atoms with Crippen molar-refractivity contribution in [1.29, 1.82) is 0 Å². The van der Waals surface area contributed by atoms with Gasteiger partial charge in [-0.25, -0.2) is 0 Å². The van der Waals surface area contributed by atoms with Crippen LogP contribution < -0.4 is 0 Å². The minimum Gasteiger partial charge on any atom is -0.339 e. The Morgan fingerprint density at radius 2 is 1.74 bits per heavy atom. The Morgan fingerprint density at radius 1 is 1.19 bits per heavy atom. The fraction of sp³-hybridized carbons (Fsp3) is 0.500. The maximum atomic E-state index is 12.6. The molecular formula is C20H25F3N2O2. The van der Waals surface area contributed by atoms with E-state index in [2.05, 4.69) is 6.58 Å². The molecule has 7 heteroatoms. The van der Waals surface area contributed by atoms with Gasteiger partial charge in [-0.1, -0.05) is 12.2 Å². The van der Waals surface area contributed by atoms with Gasteiger partial charge in [-0.15, -0.1) is 0 Å². The number of likely N-dealkylation sites (N-methyl/N-ethyl adjacent to an activating group) is 1. The fourth-order valence-corrected chi connectivity index (χ4v) is 3.24. The number of halogens is 3. The molecule has 1 aliphatic heterocycles. The number of amides is 2. The van der Waals surface area contributed by atoms with Gasteiger partial charge in [0.25, 0.3) is 5.91 Å². The van der Waals surface area contributed by atoms with Crippen molar-refractivity contribution in [2.75, 3.05) is 26.2 Å². The molecule has 0 aromatic heterocycles. The Bertz CT molecular complexity index is 690. The summed E-state index contributed by atoms with van der Waals surface area (Å²) in [5.74, 6) is -0.369. The smallest absolute Gasteiger partial charge is 0.339 e. The Kier molecular flexibility index (Phi) is 6.68. The SMILES string of the molecule is C=C(C)CN(CC)C(=O)C1CCN(C(=O)c2ccc(C(F)(F)F)cc2)CC1. The number of carbonyl (C=O) groups excluding carboxylic acids is 2. The van der Waals surface area contributed by atoms with Gasteiger partial charge in [0.1, 0.15) is 0 Å². The predicted molar refractivity (Wildman–Crippen MR) is 97.1 cm³/mol. The van der Waals surface area contributed by atoms with E-state index in [-0.39, 0.29) is 23.3 Å². The normalized spacial score (nSPS) is 15.5. The average Bonchev–Trinajstić information content (AvgIpc) is 2.64. The molecule has 1 heterocycles. The van der Waals surface area contributed by atoms with E-state index < -0.39 is 11.7 Å². The van der Waals surface area contributed by atoms with Gasteiger partial charge in [-0.2, -0.15) is 13.2 Å². The van der Waals surface area contributed by atoms with E-state index in [0.717, 1.165) is 17.7 Å². The lowest BCUT2D eigenvalue weighted by Crippen LogP contribution is -2.44. The maximum Gasteiger partial charge on any atom is 0.416 e. The second-order valence-corrected chi connectivity index (χ2v) is 6.95. The molecule has 0 saturated carbocycles. The number of carbonyl (C=O) groups is 2. The van der Waals surface area contributed by atoms with Gasteiger partial charge in [0.2, 0.25) is 5.91 Å². The van der Waals surface area contributed by atoms with Gasteiger partial charge in [0.15, 0.2) is 0 Å². The highest BCUT2D eigenvalue weighted by molar-refractivity contribution is 5.94. The van der Waals surface area contributed by atoms with Crippen molar-refractivity contribution in [3.63, 3.8) is 0 Å². The Balaban J connectivity index is 1.95. The molecule has 1 aromatic carbocycles. The van der Waals surface area contributed by atoms with Crippen LogP contribution in [0.25, 0.3) is 0 Å². The first-order valence-electron chi connectivity index (χ1n) is 9.03. The van der Waals surface area contributed by atoms with E-state index in [1.54, 1.807) is 9.80 Å². The van der Waals surface area contributed by atoms with Crippen molar-refractivity contribution in [2.45, 2.75) is 32.9 Å². The molecule has 2 rings (SSSR count). The molecule has 27 heavy (non-hydrogen) atoms. The van der Waals surface area contributed by atoms with Gasteiger partial charge >= 0.3 is 6.18 Å². The molecule has 0 aliphatic carbocycles. The van der Waals surface area contributed by atoms with Crippen LogP contribution >= 0.6 is 0 Å². The Labute approximate surface area is 157 Å². The molecule has 1 aromatic rings. The minimum atomic E-state index is -4.42. The highest BCUT2D eigenvalue weighted by Gasteiger charge is 2.32. The number of benzene rings is 1. The molecule has 2 amide bonds. The van der Waals surface area contributed by atoms with Crippen LogP contribution in [0, 0.1) is 5.92 Å². The monoisotopic (exact) mass is 382 g/mol. The summed E-state index contributed by atoms with van der Waals surface area (Å²) in [5.41, 5.74) is 0.367. The zero-order valence-electron chi connectivity index (χ0n) is 15.7. The van der Waals surface area contributed by atoms with Crippen molar-refractivity contribution < 1.29 is 22.8 Å². The number of nitrogens with zero attached hydrogens (tertiary/aromatic N) is 2. The van der Waals surface area contributed by atoms with E-state index in [9.17, 15) is 22.8 Å². The van der Waals surface area contributed by atoms with Gasteiger partial charge < -0.3 is 9.80 Å². The second-order valence-electron chi connectivity index (χ2n) is 6.95. The number of rotatable bonds is 5. The van der Waals surface area contributed by atoms with Crippen molar-refractivity contribution in [1.82, 2.24) is 9.80 Å². The first kappa shape index (κ1) is 21.0. The number of hydrogen-bond donors (Lipinski definition) is 0. The zero-order valence-corrected chi connectivity index (χ0v) is 15.7. The van der Waals surface area contributed by atoms with Crippen molar-refractivity contribution in [3.8, 4) is 0 Å². The molecule has 0 N–H and O–H groups in total. The number of hydrogen-bond acceptors (Lipinski definition) is 2. The summed E-state index contributed by atoms with van der Waals surface area (Å²) < 4.78 is 37.9. The van der Waals surface area contributed by atoms with E-state index >= 15 is 0 Å². The lowest BCUT2D eigenvalue weighted by Gasteiger charge is -2.34. The Hall–Kier alpha value is -2.31. The van der Waals surface area contributed by atoms with Crippen molar-refractivity contribution >= 4 is 11.8 Å². The first-order chi connectivity index (χ1) is 12.6. The van der Waals surface area contributed by atoms with E-state index in [0.29, 0.717) is 39.0 Å². The number of piperidine rings is 1.